The molecular weight excluding hydrogens is 240 g/mol. The normalized spacial score (nSPS) is 15.2. The Balaban J connectivity index is 0.000000686. The second-order valence-corrected chi connectivity index (χ2v) is 4.86. The van der Waals surface area contributed by atoms with Crippen molar-refractivity contribution in [2.24, 2.45) is 0 Å². The van der Waals surface area contributed by atoms with Crippen LogP contribution in [0.15, 0.2) is 12.1 Å². The van der Waals surface area contributed by atoms with Gasteiger partial charge in [-0.15, -0.1) is 0 Å². The quantitative estimate of drug-likeness (QED) is 0.753. The van der Waals surface area contributed by atoms with E-state index in [0.717, 1.165) is 24.6 Å². The van der Waals surface area contributed by atoms with E-state index in [4.69, 9.17) is 0 Å². The zero-order valence-electron chi connectivity index (χ0n) is 10.6. The molecule has 1 aromatic carbocycles. The fourth-order valence-corrected chi connectivity index (χ4v) is 2.54. The number of thioether (sulfide) groups is 1. The first kappa shape index (κ1) is 14.3. The van der Waals surface area contributed by atoms with Gasteiger partial charge in [-0.05, 0) is 19.1 Å². The highest BCUT2D eigenvalue weighted by molar-refractivity contribution is 7.99. The molecule has 0 N–H and O–H groups in total. The zero-order chi connectivity index (χ0) is 12.8. The molecule has 96 valence electrons. The highest BCUT2D eigenvalue weighted by Gasteiger charge is 2.14. The van der Waals surface area contributed by atoms with Crippen LogP contribution in [-0.4, -0.2) is 24.6 Å². The first-order valence-corrected chi connectivity index (χ1v) is 7.12. The fourth-order valence-electron chi connectivity index (χ4n) is 1.64. The molecule has 0 spiro atoms. The largest absolute Gasteiger partial charge is 0.370 e. The van der Waals surface area contributed by atoms with Crippen LogP contribution in [0.3, 0.4) is 0 Å². The average Bonchev–Trinajstić information content (AvgIpc) is 2.39. The van der Waals surface area contributed by atoms with Crippen LogP contribution < -0.4 is 4.90 Å². The highest BCUT2D eigenvalue weighted by atomic mass is 32.2. The molecular formula is C13H19F2NS. The second-order valence-electron chi connectivity index (χ2n) is 3.63. The Hall–Kier alpha value is -0.770. The third-order valence-electron chi connectivity index (χ3n) is 2.64. The first-order chi connectivity index (χ1) is 8.18. The minimum atomic E-state index is -0.455. The monoisotopic (exact) mass is 259 g/mol. The molecule has 0 bridgehead atoms. The molecule has 1 aromatic rings. The summed E-state index contributed by atoms with van der Waals surface area (Å²) < 4.78 is 26.6. The highest BCUT2D eigenvalue weighted by Crippen LogP contribution is 2.23. The Kier molecular flexibility index (Phi) is 5.75. The predicted molar refractivity (Wildman–Crippen MR) is 72.0 cm³/mol. The molecule has 0 unspecified atom stereocenters. The summed E-state index contributed by atoms with van der Waals surface area (Å²) in [6.45, 7) is 7.19. The van der Waals surface area contributed by atoms with Crippen molar-refractivity contribution in [2.75, 3.05) is 29.5 Å². The average molecular weight is 259 g/mol. The van der Waals surface area contributed by atoms with Crippen LogP contribution in [0.5, 0.6) is 0 Å². The molecule has 0 saturated carbocycles. The number of nitrogens with zero attached hydrogens (tertiary/aromatic N) is 1. The van der Waals surface area contributed by atoms with Gasteiger partial charge in [-0.25, -0.2) is 8.78 Å². The summed E-state index contributed by atoms with van der Waals surface area (Å²) in [5, 5.41) is 0. The molecule has 0 radical (unpaired) electrons. The summed E-state index contributed by atoms with van der Waals surface area (Å²) in [5.41, 5.74) is 0.765. The van der Waals surface area contributed by atoms with Crippen LogP contribution in [-0.2, 0) is 0 Å². The van der Waals surface area contributed by atoms with Gasteiger partial charge in [0.15, 0.2) is 0 Å². The molecule has 2 rings (SSSR count). The number of hydrogen-bond donors (Lipinski definition) is 0. The summed E-state index contributed by atoms with van der Waals surface area (Å²) >= 11 is 1.88. The van der Waals surface area contributed by atoms with Crippen LogP contribution in [0.1, 0.15) is 19.4 Å². The minimum Gasteiger partial charge on any atom is -0.370 e. The topological polar surface area (TPSA) is 3.24 Å². The Bertz CT molecular complexity index is 339. The molecule has 1 fully saturated rings. The number of hydrogen-bond acceptors (Lipinski definition) is 2. The Morgan fingerprint density at radius 1 is 1.06 bits per heavy atom. The van der Waals surface area contributed by atoms with Gasteiger partial charge in [0.25, 0.3) is 0 Å². The summed E-state index contributed by atoms with van der Waals surface area (Å²) in [6.07, 6.45) is 0. The second kappa shape index (κ2) is 6.84. The number of benzene rings is 1. The van der Waals surface area contributed by atoms with Crippen molar-refractivity contribution >= 4 is 17.4 Å². The van der Waals surface area contributed by atoms with Gasteiger partial charge >= 0.3 is 0 Å². The standard InChI is InChI=1S/C11H13F2NS.C2H6/c1-8-10(12)6-9(7-11(8)13)14-2-4-15-5-3-14;1-2/h6-7H,2-5H2,1H3;1-2H3. The lowest BCUT2D eigenvalue weighted by molar-refractivity contribution is 0.567. The van der Waals surface area contributed by atoms with E-state index in [9.17, 15) is 8.78 Å². The van der Waals surface area contributed by atoms with E-state index < -0.39 is 11.6 Å². The maximum absolute atomic E-state index is 13.3. The number of rotatable bonds is 1. The molecule has 0 amide bonds. The van der Waals surface area contributed by atoms with E-state index in [2.05, 4.69) is 0 Å². The maximum Gasteiger partial charge on any atom is 0.131 e. The summed E-state index contributed by atoms with van der Waals surface area (Å²) in [6, 6.07) is 2.85. The van der Waals surface area contributed by atoms with E-state index in [0.29, 0.717) is 5.69 Å². The van der Waals surface area contributed by atoms with E-state index >= 15 is 0 Å². The van der Waals surface area contributed by atoms with Gasteiger partial charge in [-0.1, -0.05) is 13.8 Å². The molecule has 0 aromatic heterocycles. The van der Waals surface area contributed by atoms with Gasteiger partial charge in [0, 0.05) is 35.8 Å². The van der Waals surface area contributed by atoms with Gasteiger partial charge in [-0.3, -0.25) is 0 Å². The van der Waals surface area contributed by atoms with E-state index in [1.807, 2.05) is 30.5 Å². The third kappa shape index (κ3) is 3.60. The lowest BCUT2D eigenvalue weighted by Crippen LogP contribution is -2.32. The van der Waals surface area contributed by atoms with E-state index in [-0.39, 0.29) is 5.56 Å². The van der Waals surface area contributed by atoms with Crippen molar-refractivity contribution in [3.63, 3.8) is 0 Å². The predicted octanol–water partition coefficient (Wildman–Crippen LogP) is 3.85. The molecule has 17 heavy (non-hydrogen) atoms. The van der Waals surface area contributed by atoms with Crippen molar-refractivity contribution in [2.45, 2.75) is 20.8 Å². The van der Waals surface area contributed by atoms with Crippen LogP contribution in [0.25, 0.3) is 0 Å². The van der Waals surface area contributed by atoms with Gasteiger partial charge in [0.1, 0.15) is 11.6 Å². The molecule has 1 aliphatic rings. The summed E-state index contributed by atoms with van der Waals surface area (Å²) in [4.78, 5) is 2.03. The van der Waals surface area contributed by atoms with Crippen molar-refractivity contribution in [3.05, 3.63) is 29.3 Å². The molecule has 4 heteroatoms. The smallest absolute Gasteiger partial charge is 0.131 e. The lowest BCUT2D eigenvalue weighted by atomic mass is 10.2. The number of halogens is 2. The van der Waals surface area contributed by atoms with Crippen molar-refractivity contribution in [1.82, 2.24) is 0 Å². The van der Waals surface area contributed by atoms with Crippen molar-refractivity contribution in [1.29, 1.82) is 0 Å². The summed E-state index contributed by atoms with van der Waals surface area (Å²) in [7, 11) is 0. The van der Waals surface area contributed by atoms with E-state index in [1.54, 1.807) is 0 Å². The Labute approximate surface area is 106 Å². The minimum absolute atomic E-state index is 0.102. The van der Waals surface area contributed by atoms with Gasteiger partial charge in [0.05, 0.1) is 0 Å². The van der Waals surface area contributed by atoms with Crippen LogP contribution >= 0.6 is 11.8 Å². The molecule has 1 heterocycles. The fraction of sp³-hybridized carbons (Fsp3) is 0.538. The van der Waals surface area contributed by atoms with Crippen LogP contribution in [0.2, 0.25) is 0 Å². The Morgan fingerprint density at radius 3 is 2.00 bits per heavy atom. The molecule has 0 aliphatic carbocycles. The van der Waals surface area contributed by atoms with E-state index in [1.165, 1.54) is 19.1 Å². The molecule has 0 atom stereocenters. The Morgan fingerprint density at radius 2 is 1.53 bits per heavy atom. The van der Waals surface area contributed by atoms with Crippen molar-refractivity contribution in [3.8, 4) is 0 Å². The SMILES string of the molecule is CC.Cc1c(F)cc(N2CCSCC2)cc1F. The van der Waals surface area contributed by atoms with Crippen LogP contribution in [0.4, 0.5) is 14.5 Å². The van der Waals surface area contributed by atoms with Gasteiger partial charge in [0.2, 0.25) is 0 Å². The first-order valence-electron chi connectivity index (χ1n) is 5.97. The van der Waals surface area contributed by atoms with Gasteiger partial charge in [-0.2, -0.15) is 11.8 Å². The molecule has 1 saturated heterocycles. The van der Waals surface area contributed by atoms with Gasteiger partial charge < -0.3 is 4.90 Å². The molecule has 1 aliphatic heterocycles. The third-order valence-corrected chi connectivity index (χ3v) is 3.58. The van der Waals surface area contributed by atoms with Crippen molar-refractivity contribution < 1.29 is 8.78 Å². The maximum atomic E-state index is 13.3. The summed E-state index contributed by atoms with van der Waals surface area (Å²) in [5.74, 6) is 1.14. The lowest BCUT2D eigenvalue weighted by Gasteiger charge is -2.28. The molecule has 1 nitrogen and oxygen atoms in total. The number of anilines is 1. The van der Waals surface area contributed by atoms with Crippen LogP contribution in [0, 0.1) is 18.6 Å². The zero-order valence-corrected chi connectivity index (χ0v) is 11.4.